The van der Waals surface area contributed by atoms with E-state index in [9.17, 15) is 14.0 Å². The van der Waals surface area contributed by atoms with Crippen LogP contribution in [0.25, 0.3) is 0 Å². The standard InChI is InChI=1S/C20H24FN5O2/c1-15(19(27)23-14-16-5-7-17(21)8-6-16)24-20(28)26-12-10-25(11-13-26)18-4-2-3-9-22-18/h2-9,15H,10-14H2,1H3,(H,23,27)(H,24,28). The molecule has 1 aliphatic heterocycles. The molecule has 7 nitrogen and oxygen atoms in total. The zero-order chi connectivity index (χ0) is 19.9. The number of urea groups is 1. The van der Waals surface area contributed by atoms with E-state index in [0.717, 1.165) is 11.4 Å². The number of nitrogens with zero attached hydrogens (tertiary/aromatic N) is 3. The highest BCUT2D eigenvalue weighted by atomic mass is 19.1. The Balaban J connectivity index is 1.42. The molecule has 1 aromatic carbocycles. The largest absolute Gasteiger partial charge is 0.353 e. The summed E-state index contributed by atoms with van der Waals surface area (Å²) >= 11 is 0. The lowest BCUT2D eigenvalue weighted by Crippen LogP contribution is -2.55. The third kappa shape index (κ3) is 5.18. The lowest BCUT2D eigenvalue weighted by Gasteiger charge is -2.35. The summed E-state index contributed by atoms with van der Waals surface area (Å²) in [6.45, 7) is 4.42. The molecule has 1 aliphatic rings. The molecule has 2 aromatic rings. The number of piperazine rings is 1. The zero-order valence-electron chi connectivity index (χ0n) is 15.8. The normalized spacial score (nSPS) is 15.1. The first-order valence-electron chi connectivity index (χ1n) is 9.26. The monoisotopic (exact) mass is 385 g/mol. The number of amides is 3. The molecular weight excluding hydrogens is 361 g/mol. The number of carbonyl (C=O) groups is 2. The van der Waals surface area contributed by atoms with Gasteiger partial charge in [0.25, 0.3) is 0 Å². The Morgan fingerprint density at radius 1 is 1.11 bits per heavy atom. The van der Waals surface area contributed by atoms with Gasteiger partial charge in [0.05, 0.1) is 0 Å². The summed E-state index contributed by atoms with van der Waals surface area (Å²) in [4.78, 5) is 32.8. The van der Waals surface area contributed by atoms with Crippen LogP contribution in [0.15, 0.2) is 48.7 Å². The van der Waals surface area contributed by atoms with Crippen molar-refractivity contribution in [3.05, 3.63) is 60.0 Å². The third-order valence-corrected chi connectivity index (χ3v) is 4.65. The van der Waals surface area contributed by atoms with Gasteiger partial charge in [-0.3, -0.25) is 4.79 Å². The number of aromatic nitrogens is 1. The molecule has 2 N–H and O–H groups in total. The molecule has 0 radical (unpaired) electrons. The Morgan fingerprint density at radius 3 is 2.46 bits per heavy atom. The summed E-state index contributed by atoms with van der Waals surface area (Å²) in [6.07, 6.45) is 1.75. The topological polar surface area (TPSA) is 77.6 Å². The van der Waals surface area contributed by atoms with Crippen molar-refractivity contribution in [2.75, 3.05) is 31.1 Å². The minimum atomic E-state index is -0.665. The van der Waals surface area contributed by atoms with Crippen molar-refractivity contribution in [3.63, 3.8) is 0 Å². The highest BCUT2D eigenvalue weighted by Crippen LogP contribution is 2.12. The minimum Gasteiger partial charge on any atom is -0.353 e. The first-order valence-corrected chi connectivity index (χ1v) is 9.26. The van der Waals surface area contributed by atoms with E-state index in [0.29, 0.717) is 26.2 Å². The number of hydrogen-bond acceptors (Lipinski definition) is 4. The van der Waals surface area contributed by atoms with Gasteiger partial charge in [-0.05, 0) is 36.8 Å². The number of rotatable bonds is 5. The van der Waals surface area contributed by atoms with E-state index in [4.69, 9.17) is 0 Å². The van der Waals surface area contributed by atoms with E-state index in [1.165, 1.54) is 12.1 Å². The summed E-state index contributed by atoms with van der Waals surface area (Å²) in [5.74, 6) is 0.291. The molecule has 28 heavy (non-hydrogen) atoms. The van der Waals surface area contributed by atoms with Crippen LogP contribution in [0.4, 0.5) is 15.0 Å². The molecule has 0 saturated carbocycles. The maximum Gasteiger partial charge on any atom is 0.318 e. The van der Waals surface area contributed by atoms with Crippen LogP contribution in [0, 0.1) is 5.82 Å². The second kappa shape index (κ2) is 9.16. The van der Waals surface area contributed by atoms with E-state index in [1.807, 2.05) is 18.2 Å². The van der Waals surface area contributed by atoms with Crippen molar-refractivity contribution in [1.82, 2.24) is 20.5 Å². The summed E-state index contributed by atoms with van der Waals surface area (Å²) in [5.41, 5.74) is 0.791. The number of pyridine rings is 1. The molecule has 0 aliphatic carbocycles. The molecule has 3 rings (SSSR count). The predicted octanol–water partition coefficient (Wildman–Crippen LogP) is 1.76. The molecule has 1 fully saturated rings. The summed E-state index contributed by atoms with van der Waals surface area (Å²) in [6, 6.07) is 10.7. The van der Waals surface area contributed by atoms with Crippen molar-refractivity contribution >= 4 is 17.8 Å². The second-order valence-electron chi connectivity index (χ2n) is 6.68. The van der Waals surface area contributed by atoms with Gasteiger partial charge < -0.3 is 20.4 Å². The number of anilines is 1. The van der Waals surface area contributed by atoms with Gasteiger partial charge in [0.1, 0.15) is 17.7 Å². The molecule has 1 atom stereocenters. The van der Waals surface area contributed by atoms with Gasteiger partial charge in [0.2, 0.25) is 5.91 Å². The Bertz CT molecular complexity index is 792. The fourth-order valence-electron chi connectivity index (χ4n) is 2.97. The molecule has 3 amide bonds. The average molecular weight is 385 g/mol. The molecule has 0 bridgehead atoms. The first-order chi connectivity index (χ1) is 13.5. The van der Waals surface area contributed by atoms with Crippen LogP contribution in [0.3, 0.4) is 0 Å². The number of hydrogen-bond donors (Lipinski definition) is 2. The quantitative estimate of drug-likeness (QED) is 0.822. The van der Waals surface area contributed by atoms with Crippen molar-refractivity contribution in [2.24, 2.45) is 0 Å². The number of carbonyl (C=O) groups excluding carboxylic acids is 2. The van der Waals surface area contributed by atoms with Crippen LogP contribution < -0.4 is 15.5 Å². The first kappa shape index (κ1) is 19.6. The Hall–Kier alpha value is -3.16. The number of benzene rings is 1. The highest BCUT2D eigenvalue weighted by Gasteiger charge is 2.24. The van der Waals surface area contributed by atoms with Crippen LogP contribution >= 0.6 is 0 Å². The molecule has 1 saturated heterocycles. The molecule has 8 heteroatoms. The van der Waals surface area contributed by atoms with Gasteiger partial charge >= 0.3 is 6.03 Å². The predicted molar refractivity (Wildman–Crippen MR) is 104 cm³/mol. The van der Waals surface area contributed by atoms with Crippen LogP contribution in [0.5, 0.6) is 0 Å². The summed E-state index contributed by atoms with van der Waals surface area (Å²) < 4.78 is 12.9. The summed E-state index contributed by atoms with van der Waals surface area (Å²) in [5, 5.41) is 5.47. The van der Waals surface area contributed by atoms with Crippen LogP contribution in [0.2, 0.25) is 0 Å². The molecular formula is C20H24FN5O2. The van der Waals surface area contributed by atoms with Gasteiger partial charge in [0.15, 0.2) is 0 Å². The third-order valence-electron chi connectivity index (χ3n) is 4.65. The molecule has 1 unspecified atom stereocenters. The van der Waals surface area contributed by atoms with Crippen molar-refractivity contribution in [1.29, 1.82) is 0 Å². The smallest absolute Gasteiger partial charge is 0.318 e. The van der Waals surface area contributed by atoms with E-state index in [-0.39, 0.29) is 24.3 Å². The van der Waals surface area contributed by atoms with E-state index < -0.39 is 6.04 Å². The Labute approximate surface area is 163 Å². The van der Waals surface area contributed by atoms with Crippen LogP contribution in [0.1, 0.15) is 12.5 Å². The zero-order valence-corrected chi connectivity index (χ0v) is 15.8. The minimum absolute atomic E-state index is 0.259. The number of nitrogens with one attached hydrogen (secondary N) is 2. The maximum atomic E-state index is 12.9. The Kier molecular flexibility index (Phi) is 6.41. The maximum absolute atomic E-state index is 12.9. The molecule has 1 aromatic heterocycles. The molecule has 0 spiro atoms. The van der Waals surface area contributed by atoms with Crippen LogP contribution in [-0.2, 0) is 11.3 Å². The van der Waals surface area contributed by atoms with E-state index in [2.05, 4.69) is 20.5 Å². The second-order valence-corrected chi connectivity index (χ2v) is 6.68. The lowest BCUT2D eigenvalue weighted by atomic mass is 10.2. The summed E-state index contributed by atoms with van der Waals surface area (Å²) in [7, 11) is 0. The van der Waals surface area contributed by atoms with E-state index >= 15 is 0 Å². The van der Waals surface area contributed by atoms with E-state index in [1.54, 1.807) is 30.2 Å². The van der Waals surface area contributed by atoms with Crippen molar-refractivity contribution in [2.45, 2.75) is 19.5 Å². The fraction of sp³-hybridized carbons (Fsp3) is 0.350. The van der Waals surface area contributed by atoms with Crippen molar-refractivity contribution < 1.29 is 14.0 Å². The van der Waals surface area contributed by atoms with Gasteiger partial charge in [-0.2, -0.15) is 0 Å². The van der Waals surface area contributed by atoms with Gasteiger partial charge in [-0.15, -0.1) is 0 Å². The van der Waals surface area contributed by atoms with Gasteiger partial charge in [0, 0.05) is 38.9 Å². The van der Waals surface area contributed by atoms with Gasteiger partial charge in [-0.25, -0.2) is 14.2 Å². The van der Waals surface area contributed by atoms with Crippen molar-refractivity contribution in [3.8, 4) is 0 Å². The molecule has 148 valence electrons. The average Bonchev–Trinajstić information content (AvgIpc) is 2.73. The highest BCUT2D eigenvalue weighted by molar-refractivity contribution is 5.86. The van der Waals surface area contributed by atoms with Crippen LogP contribution in [-0.4, -0.2) is 54.0 Å². The lowest BCUT2D eigenvalue weighted by molar-refractivity contribution is -0.122. The molecule has 2 heterocycles. The number of halogens is 1. The van der Waals surface area contributed by atoms with Gasteiger partial charge in [-0.1, -0.05) is 18.2 Å². The fourth-order valence-corrected chi connectivity index (χ4v) is 2.97. The SMILES string of the molecule is CC(NC(=O)N1CCN(c2ccccn2)CC1)C(=O)NCc1ccc(F)cc1. The Morgan fingerprint density at radius 2 is 1.82 bits per heavy atom.